The van der Waals surface area contributed by atoms with Crippen LogP contribution >= 0.6 is 15.9 Å². The summed E-state index contributed by atoms with van der Waals surface area (Å²) in [5.74, 6) is -2.63. The van der Waals surface area contributed by atoms with Crippen molar-refractivity contribution in [3.05, 3.63) is 88.1 Å². The molecule has 1 heterocycles. The lowest BCUT2D eigenvalue weighted by Crippen LogP contribution is -2.22. The van der Waals surface area contributed by atoms with E-state index in [-0.39, 0.29) is 11.3 Å². The summed E-state index contributed by atoms with van der Waals surface area (Å²) in [5, 5.41) is 0. The van der Waals surface area contributed by atoms with Gasteiger partial charge in [0.25, 0.3) is 0 Å². The minimum atomic E-state index is -4.62. The third kappa shape index (κ3) is 4.53. The average molecular weight is 472 g/mol. The number of alkyl halides is 3. The number of halogens is 6. The molecule has 1 aliphatic rings. The molecular formula is C21H15BrF5NO. The molecule has 2 aromatic rings. The predicted molar refractivity (Wildman–Crippen MR) is 105 cm³/mol. The van der Waals surface area contributed by atoms with E-state index in [1.54, 1.807) is 37.4 Å². The molecule has 152 valence electrons. The number of rotatable bonds is 4. The molecule has 2 nitrogen and oxygen atoms in total. The summed E-state index contributed by atoms with van der Waals surface area (Å²) in [6, 6.07) is 10.4. The molecule has 0 atom stereocenters. The molecule has 0 amide bonds. The molecule has 0 saturated heterocycles. The molecule has 0 aromatic heterocycles. The van der Waals surface area contributed by atoms with Crippen LogP contribution in [-0.4, -0.2) is 24.7 Å². The third-order valence-corrected chi connectivity index (χ3v) is 4.97. The highest BCUT2D eigenvalue weighted by Crippen LogP contribution is 2.42. The second-order valence-corrected chi connectivity index (χ2v) is 7.15. The number of allylic oxidation sites excluding steroid dienone is 3. The Labute approximate surface area is 172 Å². The number of hydrogen-bond acceptors (Lipinski definition) is 2. The van der Waals surface area contributed by atoms with Crippen molar-refractivity contribution in [3.63, 3.8) is 0 Å². The van der Waals surface area contributed by atoms with Crippen LogP contribution in [0.4, 0.5) is 22.0 Å². The molecule has 29 heavy (non-hydrogen) atoms. The third-order valence-electron chi connectivity index (χ3n) is 4.28. The van der Waals surface area contributed by atoms with Gasteiger partial charge in [-0.05, 0) is 27.6 Å². The number of ether oxygens (including phenoxy) is 1. The van der Waals surface area contributed by atoms with Crippen molar-refractivity contribution in [3.8, 4) is 5.75 Å². The predicted octanol–water partition coefficient (Wildman–Crippen LogP) is 6.51. The minimum Gasteiger partial charge on any atom is -0.484 e. The van der Waals surface area contributed by atoms with Gasteiger partial charge in [0.1, 0.15) is 17.4 Å². The van der Waals surface area contributed by atoms with Crippen LogP contribution in [0.2, 0.25) is 0 Å². The SMILES string of the molecule is C=C1C(Br)=CC(c2ccccc2)=C(c2c(F)cc(OCC(F)(F)F)cc2F)N1C. The van der Waals surface area contributed by atoms with Crippen LogP contribution in [0.15, 0.2) is 65.3 Å². The normalized spacial score (nSPS) is 14.9. The van der Waals surface area contributed by atoms with Crippen LogP contribution in [0, 0.1) is 11.6 Å². The quantitative estimate of drug-likeness (QED) is 0.471. The molecule has 1 aliphatic heterocycles. The highest BCUT2D eigenvalue weighted by molar-refractivity contribution is 9.12. The fraction of sp³-hybridized carbons (Fsp3) is 0.143. The summed E-state index contributed by atoms with van der Waals surface area (Å²) in [5.41, 5.74) is 1.50. The van der Waals surface area contributed by atoms with Crippen molar-refractivity contribution < 1.29 is 26.7 Å². The summed E-state index contributed by atoms with van der Waals surface area (Å²) >= 11 is 3.39. The molecule has 2 aromatic carbocycles. The number of likely N-dealkylation sites (N-methyl/N-ethyl adjacent to an activating group) is 1. The first-order valence-corrected chi connectivity index (χ1v) is 9.16. The van der Waals surface area contributed by atoms with E-state index in [1.807, 2.05) is 6.07 Å². The fourth-order valence-corrected chi connectivity index (χ4v) is 3.41. The van der Waals surface area contributed by atoms with Crippen LogP contribution in [-0.2, 0) is 0 Å². The summed E-state index contributed by atoms with van der Waals surface area (Å²) in [6.45, 7) is 2.25. The molecule has 0 aliphatic carbocycles. The summed E-state index contributed by atoms with van der Waals surface area (Å²) in [6.07, 6.45) is -2.92. The minimum absolute atomic E-state index is 0.196. The van der Waals surface area contributed by atoms with E-state index in [9.17, 15) is 22.0 Å². The van der Waals surface area contributed by atoms with Crippen molar-refractivity contribution in [2.45, 2.75) is 6.18 Å². The van der Waals surface area contributed by atoms with Crippen molar-refractivity contribution in [1.82, 2.24) is 4.90 Å². The number of nitrogens with zero attached hydrogens (tertiary/aromatic N) is 1. The van der Waals surface area contributed by atoms with Gasteiger partial charge >= 0.3 is 6.18 Å². The fourth-order valence-electron chi connectivity index (χ4n) is 2.92. The van der Waals surface area contributed by atoms with Gasteiger partial charge in [0.2, 0.25) is 0 Å². The summed E-state index contributed by atoms with van der Waals surface area (Å²) in [4.78, 5) is 1.52. The van der Waals surface area contributed by atoms with E-state index < -0.39 is 30.2 Å². The van der Waals surface area contributed by atoms with E-state index >= 15 is 0 Å². The highest BCUT2D eigenvalue weighted by atomic mass is 79.9. The van der Waals surface area contributed by atoms with E-state index in [0.717, 1.165) is 12.1 Å². The van der Waals surface area contributed by atoms with E-state index in [4.69, 9.17) is 0 Å². The van der Waals surface area contributed by atoms with Crippen LogP contribution in [0.25, 0.3) is 11.3 Å². The summed E-state index contributed by atoms with van der Waals surface area (Å²) < 4.78 is 71.9. The molecule has 0 bridgehead atoms. The van der Waals surface area contributed by atoms with Crippen molar-refractivity contribution in [1.29, 1.82) is 0 Å². The van der Waals surface area contributed by atoms with Gasteiger partial charge in [-0.15, -0.1) is 0 Å². The maximum Gasteiger partial charge on any atom is 0.422 e. The second kappa shape index (κ2) is 8.02. The van der Waals surface area contributed by atoms with Gasteiger partial charge in [0, 0.05) is 34.9 Å². The zero-order valence-electron chi connectivity index (χ0n) is 15.2. The molecule has 0 fully saturated rings. The Morgan fingerprint density at radius 2 is 1.66 bits per heavy atom. The molecule has 0 unspecified atom stereocenters. The lowest BCUT2D eigenvalue weighted by molar-refractivity contribution is -0.153. The first-order valence-electron chi connectivity index (χ1n) is 8.37. The van der Waals surface area contributed by atoms with Gasteiger partial charge in [-0.25, -0.2) is 8.78 Å². The van der Waals surface area contributed by atoms with Gasteiger partial charge in [0.15, 0.2) is 6.61 Å². The Morgan fingerprint density at radius 1 is 1.07 bits per heavy atom. The summed E-state index contributed by atoms with van der Waals surface area (Å²) in [7, 11) is 1.60. The molecule has 0 spiro atoms. The second-order valence-electron chi connectivity index (χ2n) is 6.29. The molecule has 0 radical (unpaired) electrons. The zero-order chi connectivity index (χ0) is 21.3. The lowest BCUT2D eigenvalue weighted by atomic mass is 9.94. The maximum atomic E-state index is 14.9. The van der Waals surface area contributed by atoms with Gasteiger partial charge in [0.05, 0.1) is 11.3 Å². The molecule has 0 saturated carbocycles. The highest BCUT2D eigenvalue weighted by Gasteiger charge is 2.30. The molecule has 3 rings (SSSR count). The van der Waals surface area contributed by atoms with Crippen LogP contribution in [0.1, 0.15) is 11.1 Å². The average Bonchev–Trinajstić information content (AvgIpc) is 2.65. The Hall–Kier alpha value is -2.61. The van der Waals surface area contributed by atoms with Gasteiger partial charge in [-0.2, -0.15) is 13.2 Å². The Bertz CT molecular complexity index is 988. The van der Waals surface area contributed by atoms with E-state index in [2.05, 4.69) is 27.2 Å². The van der Waals surface area contributed by atoms with Crippen LogP contribution in [0.5, 0.6) is 5.75 Å². The lowest BCUT2D eigenvalue weighted by Gasteiger charge is -2.31. The van der Waals surface area contributed by atoms with Crippen molar-refractivity contribution in [2.24, 2.45) is 0 Å². The van der Waals surface area contributed by atoms with Crippen LogP contribution in [0.3, 0.4) is 0 Å². The number of benzene rings is 2. The first kappa shape index (κ1) is 21.1. The largest absolute Gasteiger partial charge is 0.484 e. The topological polar surface area (TPSA) is 12.5 Å². The Balaban J connectivity index is 2.16. The van der Waals surface area contributed by atoms with Crippen molar-refractivity contribution in [2.75, 3.05) is 13.7 Å². The standard InChI is InChI=1S/C21H15BrF5NO/c1-12-16(22)10-15(13-6-4-3-5-7-13)20(28(12)2)19-17(23)8-14(9-18(19)24)29-11-21(25,26)27/h3-10H,1,11H2,2H3. The maximum absolute atomic E-state index is 14.9. The zero-order valence-corrected chi connectivity index (χ0v) is 16.7. The van der Waals surface area contributed by atoms with Gasteiger partial charge in [-0.1, -0.05) is 36.9 Å². The van der Waals surface area contributed by atoms with Gasteiger partial charge in [-0.3, -0.25) is 0 Å². The smallest absolute Gasteiger partial charge is 0.422 e. The van der Waals surface area contributed by atoms with Crippen molar-refractivity contribution >= 4 is 27.2 Å². The van der Waals surface area contributed by atoms with E-state index in [1.165, 1.54) is 4.90 Å². The number of hydrogen-bond donors (Lipinski definition) is 0. The molecule has 8 heteroatoms. The van der Waals surface area contributed by atoms with E-state index in [0.29, 0.717) is 21.3 Å². The monoisotopic (exact) mass is 471 g/mol. The Morgan fingerprint density at radius 3 is 2.21 bits per heavy atom. The Kier molecular flexibility index (Phi) is 5.84. The van der Waals surface area contributed by atoms with Gasteiger partial charge < -0.3 is 9.64 Å². The molecular weight excluding hydrogens is 457 g/mol. The molecule has 0 N–H and O–H groups in total. The van der Waals surface area contributed by atoms with Crippen LogP contribution < -0.4 is 4.74 Å². The first-order chi connectivity index (χ1) is 13.6.